The summed E-state index contributed by atoms with van der Waals surface area (Å²) in [5.74, 6) is 0.00222. The standard InChI is InChI=1S/C18H20ClN3O3/c1-12-3-2-4-14(9-12)25-8-7-21-17(23)11-22-13-5-6-15(18(20)24)16(19)10-13/h2-6,9-10,22H,7-8,11H2,1H3,(H2,20,24)(H,21,23). The molecule has 0 fully saturated rings. The van der Waals surface area contributed by atoms with Gasteiger partial charge in [-0.3, -0.25) is 9.59 Å². The second kappa shape index (κ2) is 8.94. The average Bonchev–Trinajstić information content (AvgIpc) is 2.56. The number of anilines is 1. The van der Waals surface area contributed by atoms with Crippen molar-refractivity contribution in [3.63, 3.8) is 0 Å². The minimum absolute atomic E-state index is 0.0801. The summed E-state index contributed by atoms with van der Waals surface area (Å²) >= 11 is 5.95. The summed E-state index contributed by atoms with van der Waals surface area (Å²) in [5.41, 5.74) is 7.17. The highest BCUT2D eigenvalue weighted by Gasteiger charge is 2.07. The highest BCUT2D eigenvalue weighted by Crippen LogP contribution is 2.20. The molecule has 0 aliphatic rings. The van der Waals surface area contributed by atoms with Gasteiger partial charge < -0.3 is 21.1 Å². The van der Waals surface area contributed by atoms with Crippen molar-refractivity contribution in [3.8, 4) is 5.75 Å². The first-order valence-corrected chi connectivity index (χ1v) is 8.13. The fourth-order valence-corrected chi connectivity index (χ4v) is 2.41. The Labute approximate surface area is 151 Å². The molecule has 0 saturated heterocycles. The Morgan fingerprint density at radius 3 is 2.68 bits per heavy atom. The predicted octanol–water partition coefficient (Wildman–Crippen LogP) is 2.35. The van der Waals surface area contributed by atoms with Crippen LogP contribution in [0.4, 0.5) is 5.69 Å². The van der Waals surface area contributed by atoms with Gasteiger partial charge in [-0.05, 0) is 42.8 Å². The summed E-state index contributed by atoms with van der Waals surface area (Å²) in [4.78, 5) is 22.9. The Balaban J connectivity index is 1.70. The van der Waals surface area contributed by atoms with Gasteiger partial charge >= 0.3 is 0 Å². The minimum atomic E-state index is -0.595. The van der Waals surface area contributed by atoms with E-state index >= 15 is 0 Å². The summed E-state index contributed by atoms with van der Waals surface area (Å²) in [5, 5.41) is 5.92. The fraction of sp³-hybridized carbons (Fsp3) is 0.222. The smallest absolute Gasteiger partial charge is 0.250 e. The van der Waals surface area contributed by atoms with Gasteiger partial charge in [0.1, 0.15) is 12.4 Å². The number of halogens is 1. The molecular formula is C18H20ClN3O3. The Hall–Kier alpha value is -2.73. The molecule has 6 nitrogen and oxygen atoms in total. The normalized spacial score (nSPS) is 10.2. The van der Waals surface area contributed by atoms with Crippen LogP contribution in [0.5, 0.6) is 5.75 Å². The highest BCUT2D eigenvalue weighted by molar-refractivity contribution is 6.34. The van der Waals surface area contributed by atoms with Gasteiger partial charge in [-0.15, -0.1) is 0 Å². The molecule has 2 aromatic carbocycles. The van der Waals surface area contributed by atoms with E-state index in [1.165, 1.54) is 6.07 Å². The van der Waals surface area contributed by atoms with Crippen LogP contribution < -0.4 is 21.1 Å². The number of ether oxygens (including phenoxy) is 1. The molecule has 0 heterocycles. The van der Waals surface area contributed by atoms with E-state index in [0.717, 1.165) is 11.3 Å². The molecule has 4 N–H and O–H groups in total. The Kier molecular flexibility index (Phi) is 6.65. The lowest BCUT2D eigenvalue weighted by Crippen LogP contribution is -2.33. The van der Waals surface area contributed by atoms with Crippen molar-refractivity contribution in [3.05, 3.63) is 58.6 Å². The number of carbonyl (C=O) groups excluding carboxylic acids is 2. The summed E-state index contributed by atoms with van der Waals surface area (Å²) in [7, 11) is 0. The monoisotopic (exact) mass is 361 g/mol. The molecule has 0 aliphatic carbocycles. The van der Waals surface area contributed by atoms with E-state index < -0.39 is 5.91 Å². The first-order chi connectivity index (χ1) is 12.0. The lowest BCUT2D eigenvalue weighted by atomic mass is 10.2. The highest BCUT2D eigenvalue weighted by atomic mass is 35.5. The van der Waals surface area contributed by atoms with Gasteiger partial charge in [0, 0.05) is 5.69 Å². The number of rotatable bonds is 8. The molecule has 2 aromatic rings. The van der Waals surface area contributed by atoms with Crippen LogP contribution in [-0.2, 0) is 4.79 Å². The number of carbonyl (C=O) groups is 2. The summed E-state index contributed by atoms with van der Waals surface area (Å²) < 4.78 is 5.55. The third-order valence-electron chi connectivity index (χ3n) is 3.37. The molecular weight excluding hydrogens is 342 g/mol. The van der Waals surface area contributed by atoms with Crippen molar-refractivity contribution >= 4 is 29.1 Å². The summed E-state index contributed by atoms with van der Waals surface area (Å²) in [6.45, 7) is 2.85. The molecule has 0 aliphatic heterocycles. The van der Waals surface area contributed by atoms with Crippen molar-refractivity contribution in [1.82, 2.24) is 5.32 Å². The lowest BCUT2D eigenvalue weighted by molar-refractivity contribution is -0.119. The van der Waals surface area contributed by atoms with E-state index in [0.29, 0.717) is 18.8 Å². The maximum absolute atomic E-state index is 11.8. The van der Waals surface area contributed by atoms with Crippen LogP contribution in [0.2, 0.25) is 5.02 Å². The van der Waals surface area contributed by atoms with Crippen LogP contribution in [0.15, 0.2) is 42.5 Å². The van der Waals surface area contributed by atoms with Crippen molar-refractivity contribution in [2.24, 2.45) is 5.73 Å². The van der Waals surface area contributed by atoms with Gasteiger partial charge in [0.25, 0.3) is 0 Å². The molecule has 0 aromatic heterocycles. The van der Waals surface area contributed by atoms with Crippen LogP contribution in [0, 0.1) is 6.92 Å². The van der Waals surface area contributed by atoms with Crippen LogP contribution >= 0.6 is 11.6 Å². The van der Waals surface area contributed by atoms with E-state index in [9.17, 15) is 9.59 Å². The maximum atomic E-state index is 11.8. The van der Waals surface area contributed by atoms with E-state index in [-0.39, 0.29) is 23.0 Å². The lowest BCUT2D eigenvalue weighted by Gasteiger charge is -2.10. The third-order valence-corrected chi connectivity index (χ3v) is 3.68. The zero-order chi connectivity index (χ0) is 18.2. The minimum Gasteiger partial charge on any atom is -0.492 e. The number of hydrogen-bond donors (Lipinski definition) is 3. The topological polar surface area (TPSA) is 93.4 Å². The number of aryl methyl sites for hydroxylation is 1. The second-order valence-electron chi connectivity index (χ2n) is 5.43. The zero-order valence-corrected chi connectivity index (χ0v) is 14.6. The van der Waals surface area contributed by atoms with Gasteiger partial charge in [-0.1, -0.05) is 23.7 Å². The van der Waals surface area contributed by atoms with Crippen LogP contribution in [0.3, 0.4) is 0 Å². The molecule has 2 rings (SSSR count). The van der Waals surface area contributed by atoms with Gasteiger partial charge in [0.05, 0.1) is 23.7 Å². The number of benzene rings is 2. The van der Waals surface area contributed by atoms with Crippen molar-refractivity contribution in [2.45, 2.75) is 6.92 Å². The van der Waals surface area contributed by atoms with Gasteiger partial charge in [0.2, 0.25) is 11.8 Å². The van der Waals surface area contributed by atoms with E-state index in [1.54, 1.807) is 12.1 Å². The maximum Gasteiger partial charge on any atom is 0.250 e. The molecule has 2 amide bonds. The van der Waals surface area contributed by atoms with Gasteiger partial charge in [0.15, 0.2) is 0 Å². The Morgan fingerprint density at radius 1 is 1.20 bits per heavy atom. The molecule has 0 atom stereocenters. The first kappa shape index (κ1) is 18.6. The van der Waals surface area contributed by atoms with Gasteiger partial charge in [-0.25, -0.2) is 0 Å². The van der Waals surface area contributed by atoms with Crippen LogP contribution in [0.1, 0.15) is 15.9 Å². The fourth-order valence-electron chi connectivity index (χ4n) is 2.13. The molecule has 132 valence electrons. The number of hydrogen-bond acceptors (Lipinski definition) is 4. The number of amides is 2. The van der Waals surface area contributed by atoms with Crippen molar-refractivity contribution < 1.29 is 14.3 Å². The molecule has 0 saturated carbocycles. The second-order valence-corrected chi connectivity index (χ2v) is 5.83. The van der Waals surface area contributed by atoms with Crippen LogP contribution in [0.25, 0.3) is 0 Å². The van der Waals surface area contributed by atoms with Crippen molar-refractivity contribution in [2.75, 3.05) is 25.0 Å². The van der Waals surface area contributed by atoms with E-state index in [2.05, 4.69) is 10.6 Å². The van der Waals surface area contributed by atoms with Crippen LogP contribution in [-0.4, -0.2) is 31.5 Å². The molecule has 0 bridgehead atoms. The Morgan fingerprint density at radius 2 is 2.00 bits per heavy atom. The molecule has 0 radical (unpaired) electrons. The number of primary amides is 1. The molecule has 25 heavy (non-hydrogen) atoms. The third kappa shape index (κ3) is 6.00. The average molecular weight is 362 g/mol. The van der Waals surface area contributed by atoms with E-state index in [1.807, 2.05) is 31.2 Å². The zero-order valence-electron chi connectivity index (χ0n) is 13.8. The quantitative estimate of drug-likeness (QED) is 0.629. The van der Waals surface area contributed by atoms with E-state index in [4.69, 9.17) is 22.1 Å². The summed E-state index contributed by atoms with van der Waals surface area (Å²) in [6, 6.07) is 12.4. The molecule has 0 spiro atoms. The largest absolute Gasteiger partial charge is 0.492 e. The molecule has 0 unspecified atom stereocenters. The SMILES string of the molecule is Cc1cccc(OCCNC(=O)CNc2ccc(C(N)=O)c(Cl)c2)c1. The molecule has 7 heteroatoms. The number of nitrogens with one attached hydrogen (secondary N) is 2. The first-order valence-electron chi connectivity index (χ1n) is 7.75. The van der Waals surface area contributed by atoms with Gasteiger partial charge in [-0.2, -0.15) is 0 Å². The number of nitrogens with two attached hydrogens (primary N) is 1. The summed E-state index contributed by atoms with van der Waals surface area (Å²) in [6.07, 6.45) is 0. The predicted molar refractivity (Wildman–Crippen MR) is 98.1 cm³/mol. The van der Waals surface area contributed by atoms with Crippen molar-refractivity contribution in [1.29, 1.82) is 0 Å². The Bertz CT molecular complexity index is 765.